The van der Waals surface area contributed by atoms with Gasteiger partial charge in [-0.15, -0.1) is 0 Å². The zero-order chi connectivity index (χ0) is 15.1. The summed E-state index contributed by atoms with van der Waals surface area (Å²) >= 11 is 0. The summed E-state index contributed by atoms with van der Waals surface area (Å²) in [6, 6.07) is 4.01. The van der Waals surface area contributed by atoms with Crippen molar-refractivity contribution in [3.05, 3.63) is 29.8 Å². The zero-order valence-corrected chi connectivity index (χ0v) is 10.8. The lowest BCUT2D eigenvalue weighted by molar-refractivity contribution is -0.140. The van der Waals surface area contributed by atoms with Gasteiger partial charge in [0.15, 0.2) is 6.04 Å². The number of primary amides is 1. The van der Waals surface area contributed by atoms with Crippen molar-refractivity contribution in [3.8, 4) is 0 Å². The molecule has 3 amide bonds. The number of urea groups is 1. The van der Waals surface area contributed by atoms with Crippen molar-refractivity contribution >= 4 is 23.6 Å². The van der Waals surface area contributed by atoms with Crippen molar-refractivity contribution in [2.45, 2.75) is 6.04 Å². The van der Waals surface area contributed by atoms with E-state index in [1.54, 1.807) is 0 Å². The topological polar surface area (TPSA) is 131 Å². The normalized spacial score (nSPS) is 11.4. The average molecular weight is 281 g/mol. The molecule has 20 heavy (non-hydrogen) atoms. The first kappa shape index (κ1) is 15.4. The van der Waals surface area contributed by atoms with Crippen molar-refractivity contribution < 1.29 is 24.2 Å². The van der Waals surface area contributed by atoms with Crippen molar-refractivity contribution in [2.75, 3.05) is 19.0 Å². The Morgan fingerprint density at radius 2 is 1.90 bits per heavy atom. The highest BCUT2D eigenvalue weighted by Crippen LogP contribution is 2.08. The molecule has 8 nitrogen and oxygen atoms in total. The number of carboxylic acid groups (broad SMARTS) is 1. The molecule has 0 heterocycles. The molecule has 0 aliphatic rings. The number of nitrogens with two attached hydrogens (primary N) is 1. The number of carbonyl (C=O) groups is 3. The fourth-order valence-corrected chi connectivity index (χ4v) is 1.38. The van der Waals surface area contributed by atoms with Gasteiger partial charge < -0.3 is 26.2 Å². The lowest BCUT2D eigenvalue weighted by Gasteiger charge is -2.14. The number of hydrogen-bond acceptors (Lipinski definition) is 4. The minimum Gasteiger partial charge on any atom is -0.480 e. The lowest BCUT2D eigenvalue weighted by Crippen LogP contribution is -2.45. The second-order valence-corrected chi connectivity index (χ2v) is 3.89. The monoisotopic (exact) mass is 281 g/mol. The second-order valence-electron chi connectivity index (χ2n) is 3.89. The number of rotatable bonds is 6. The molecule has 0 saturated carbocycles. The minimum absolute atomic E-state index is 0.149. The maximum atomic E-state index is 11.6. The highest BCUT2D eigenvalue weighted by molar-refractivity contribution is 5.95. The summed E-state index contributed by atoms with van der Waals surface area (Å²) < 4.78 is 4.68. The lowest BCUT2D eigenvalue weighted by atomic mass is 10.2. The van der Waals surface area contributed by atoms with Gasteiger partial charge in [-0.1, -0.05) is 0 Å². The molecule has 1 aromatic rings. The van der Waals surface area contributed by atoms with Crippen LogP contribution in [0.5, 0.6) is 0 Å². The summed E-state index contributed by atoms with van der Waals surface area (Å²) in [5, 5.41) is 13.5. The molecule has 0 fully saturated rings. The number of hydrogen-bond donors (Lipinski definition) is 4. The van der Waals surface area contributed by atoms with Crippen molar-refractivity contribution in [2.24, 2.45) is 5.73 Å². The Bertz CT molecular complexity index is 500. The van der Waals surface area contributed by atoms with E-state index in [-0.39, 0.29) is 6.61 Å². The van der Waals surface area contributed by atoms with Crippen molar-refractivity contribution in [1.29, 1.82) is 0 Å². The molecule has 0 spiro atoms. The van der Waals surface area contributed by atoms with Crippen LogP contribution in [-0.4, -0.2) is 42.8 Å². The number of ether oxygens (including phenoxy) is 1. The number of carboxylic acids is 1. The highest BCUT2D eigenvalue weighted by atomic mass is 16.5. The van der Waals surface area contributed by atoms with Crippen LogP contribution in [0.4, 0.5) is 10.5 Å². The highest BCUT2D eigenvalue weighted by Gasteiger charge is 2.19. The van der Waals surface area contributed by atoms with Gasteiger partial charge in [0.25, 0.3) is 0 Å². The third-order valence-electron chi connectivity index (χ3n) is 2.36. The Hall–Kier alpha value is -2.61. The van der Waals surface area contributed by atoms with Gasteiger partial charge in [-0.25, -0.2) is 9.59 Å². The van der Waals surface area contributed by atoms with E-state index < -0.39 is 23.9 Å². The molecule has 0 bridgehead atoms. The average Bonchev–Trinajstić information content (AvgIpc) is 2.38. The molecule has 1 rings (SSSR count). The molecule has 0 aromatic heterocycles. The van der Waals surface area contributed by atoms with Crippen LogP contribution in [0, 0.1) is 0 Å². The second kappa shape index (κ2) is 7.10. The Labute approximate surface area is 114 Å². The number of nitrogens with one attached hydrogen (secondary N) is 2. The van der Waals surface area contributed by atoms with Crippen LogP contribution in [0.15, 0.2) is 24.3 Å². The number of amides is 3. The molecule has 8 heteroatoms. The molecule has 1 unspecified atom stereocenters. The summed E-state index contributed by atoms with van der Waals surface area (Å²) in [7, 11) is 1.33. The first-order chi connectivity index (χ1) is 9.43. The van der Waals surface area contributed by atoms with Crippen LogP contribution >= 0.6 is 0 Å². The Morgan fingerprint density at radius 3 is 2.35 bits per heavy atom. The quantitative estimate of drug-likeness (QED) is 0.583. The number of benzene rings is 1. The van der Waals surface area contributed by atoms with E-state index in [9.17, 15) is 14.4 Å². The number of carbonyl (C=O) groups excluding carboxylic acids is 2. The van der Waals surface area contributed by atoms with Crippen LogP contribution in [0.1, 0.15) is 10.4 Å². The molecule has 5 N–H and O–H groups in total. The summed E-state index contributed by atoms with van der Waals surface area (Å²) in [6.07, 6.45) is 0. The standard InChI is InChI=1S/C12H15N3O5/c1-20-6-9(11(17)18)15-12(19)14-8-4-2-7(3-5-8)10(13)16/h2-5,9H,6H2,1H3,(H2,13,16)(H,17,18)(H2,14,15,19). The van der Waals surface area contributed by atoms with E-state index in [2.05, 4.69) is 15.4 Å². The third-order valence-corrected chi connectivity index (χ3v) is 2.36. The molecular weight excluding hydrogens is 266 g/mol. The van der Waals surface area contributed by atoms with Crippen LogP contribution in [0.2, 0.25) is 0 Å². The predicted octanol–water partition coefficient (Wildman–Crippen LogP) is 0.00660. The fourth-order valence-electron chi connectivity index (χ4n) is 1.38. The maximum Gasteiger partial charge on any atom is 0.328 e. The molecule has 0 radical (unpaired) electrons. The maximum absolute atomic E-state index is 11.6. The zero-order valence-electron chi connectivity index (χ0n) is 10.8. The molecule has 0 saturated heterocycles. The van der Waals surface area contributed by atoms with Crippen molar-refractivity contribution in [1.82, 2.24) is 5.32 Å². The van der Waals surface area contributed by atoms with Gasteiger partial charge in [-0.2, -0.15) is 0 Å². The molecule has 0 aliphatic heterocycles. The van der Waals surface area contributed by atoms with Gasteiger partial charge >= 0.3 is 12.0 Å². The smallest absolute Gasteiger partial charge is 0.328 e. The van der Waals surface area contributed by atoms with Crippen LogP contribution in [0.3, 0.4) is 0 Å². The van der Waals surface area contributed by atoms with Gasteiger partial charge in [-0.3, -0.25) is 4.79 Å². The van der Waals surface area contributed by atoms with Gasteiger partial charge in [0.1, 0.15) is 0 Å². The van der Waals surface area contributed by atoms with Gasteiger partial charge in [-0.05, 0) is 24.3 Å². The van der Waals surface area contributed by atoms with Gasteiger partial charge in [0.2, 0.25) is 5.91 Å². The number of anilines is 1. The SMILES string of the molecule is COCC(NC(=O)Nc1ccc(C(N)=O)cc1)C(=O)O. The van der Waals surface area contributed by atoms with Crippen LogP contribution in [-0.2, 0) is 9.53 Å². The van der Waals surface area contributed by atoms with Gasteiger partial charge in [0, 0.05) is 18.4 Å². The molecule has 108 valence electrons. The summed E-state index contributed by atoms with van der Waals surface area (Å²) in [5.41, 5.74) is 5.78. The van der Waals surface area contributed by atoms with Crippen molar-refractivity contribution in [3.63, 3.8) is 0 Å². The van der Waals surface area contributed by atoms with E-state index in [1.807, 2.05) is 0 Å². The molecule has 1 atom stereocenters. The Balaban J connectivity index is 2.61. The summed E-state index contributed by atoms with van der Waals surface area (Å²) in [5.74, 6) is -1.78. The van der Waals surface area contributed by atoms with E-state index in [4.69, 9.17) is 10.8 Å². The minimum atomic E-state index is -1.20. The Morgan fingerprint density at radius 1 is 1.30 bits per heavy atom. The van der Waals surface area contributed by atoms with Crippen LogP contribution < -0.4 is 16.4 Å². The van der Waals surface area contributed by atoms with Gasteiger partial charge in [0.05, 0.1) is 6.61 Å². The Kier molecular flexibility index (Phi) is 5.48. The third kappa shape index (κ3) is 4.58. The molecule has 0 aliphatic carbocycles. The first-order valence-electron chi connectivity index (χ1n) is 5.63. The van der Waals surface area contributed by atoms with Crippen LogP contribution in [0.25, 0.3) is 0 Å². The predicted molar refractivity (Wildman–Crippen MR) is 70.4 cm³/mol. The van der Waals surface area contributed by atoms with E-state index >= 15 is 0 Å². The summed E-state index contributed by atoms with van der Waals surface area (Å²) in [4.78, 5) is 33.3. The molecular formula is C12H15N3O5. The fraction of sp³-hybridized carbons (Fsp3) is 0.250. The van der Waals surface area contributed by atoms with E-state index in [0.717, 1.165) is 0 Å². The molecule has 1 aromatic carbocycles. The summed E-state index contributed by atoms with van der Waals surface area (Å²) in [6.45, 7) is -0.149. The number of methoxy groups -OCH3 is 1. The van der Waals surface area contributed by atoms with E-state index in [1.165, 1.54) is 31.4 Å². The first-order valence-corrected chi connectivity index (χ1v) is 5.63. The largest absolute Gasteiger partial charge is 0.480 e. The van der Waals surface area contributed by atoms with E-state index in [0.29, 0.717) is 11.3 Å². The number of aliphatic carboxylic acids is 1.